The van der Waals surface area contributed by atoms with E-state index >= 15 is 0 Å². The van der Waals surface area contributed by atoms with Gasteiger partial charge in [0, 0.05) is 51.9 Å². The van der Waals surface area contributed by atoms with Gasteiger partial charge in [-0.05, 0) is 36.1 Å². The Kier molecular flexibility index (Phi) is 9.13. The average molecular weight is 553 g/mol. The van der Waals surface area contributed by atoms with Crippen LogP contribution in [-0.4, -0.2) is 84.7 Å². The molecular weight excluding hydrogens is 522 g/mol. The van der Waals surface area contributed by atoms with E-state index in [9.17, 15) is 17.2 Å². The molecular formula is C24H30F2N6O3S2. The third kappa shape index (κ3) is 6.85. The Balaban J connectivity index is 1.47. The van der Waals surface area contributed by atoms with E-state index < -0.39 is 22.5 Å². The fourth-order valence-electron chi connectivity index (χ4n) is 3.96. The van der Waals surface area contributed by atoms with Crippen molar-refractivity contribution in [1.29, 1.82) is 0 Å². The maximum absolute atomic E-state index is 13.7. The number of hydrogen-bond acceptors (Lipinski definition) is 8. The van der Waals surface area contributed by atoms with Gasteiger partial charge in [-0.1, -0.05) is 42.3 Å². The van der Waals surface area contributed by atoms with Gasteiger partial charge in [-0.3, -0.25) is 9.21 Å². The van der Waals surface area contributed by atoms with Crippen molar-refractivity contribution in [1.82, 2.24) is 23.7 Å². The molecule has 1 aliphatic rings. The van der Waals surface area contributed by atoms with Crippen molar-refractivity contribution in [2.75, 3.05) is 56.9 Å². The Morgan fingerprint density at radius 1 is 1.03 bits per heavy atom. The van der Waals surface area contributed by atoms with Gasteiger partial charge in [0.25, 0.3) is 5.89 Å². The molecule has 2 heterocycles. The van der Waals surface area contributed by atoms with Gasteiger partial charge < -0.3 is 4.42 Å². The van der Waals surface area contributed by atoms with Crippen LogP contribution in [0.2, 0.25) is 0 Å². The number of piperazine rings is 1. The number of anilines is 1. The van der Waals surface area contributed by atoms with Crippen LogP contribution in [0.3, 0.4) is 0 Å². The molecule has 0 N–H and O–H groups in total. The summed E-state index contributed by atoms with van der Waals surface area (Å²) in [4.78, 5) is 2.28. The zero-order chi connectivity index (χ0) is 26.4. The normalized spacial score (nSPS) is 15.5. The lowest BCUT2D eigenvalue weighted by Gasteiger charge is -2.35. The average Bonchev–Trinajstić information content (AvgIpc) is 3.42. The zero-order valence-electron chi connectivity index (χ0n) is 20.7. The molecule has 3 aromatic rings. The molecule has 1 aliphatic heterocycles. The number of halogens is 2. The molecule has 2 aromatic carbocycles. The zero-order valence-corrected chi connectivity index (χ0v) is 22.3. The molecule has 13 heteroatoms. The van der Waals surface area contributed by atoms with E-state index in [0.29, 0.717) is 29.9 Å². The van der Waals surface area contributed by atoms with E-state index in [0.717, 1.165) is 26.2 Å². The summed E-state index contributed by atoms with van der Waals surface area (Å²) in [5.41, 5.74) is 1.73. The van der Waals surface area contributed by atoms with Crippen molar-refractivity contribution in [3.63, 3.8) is 0 Å². The van der Waals surface area contributed by atoms with E-state index in [1.807, 2.05) is 6.07 Å². The second kappa shape index (κ2) is 12.3. The van der Waals surface area contributed by atoms with Gasteiger partial charge in [-0.25, -0.2) is 4.31 Å². The summed E-state index contributed by atoms with van der Waals surface area (Å²) in [5.74, 6) is -0.762. The lowest BCUT2D eigenvalue weighted by Crippen LogP contribution is -2.48. The lowest BCUT2D eigenvalue weighted by atomic mass is 10.1. The number of alkyl halides is 2. The summed E-state index contributed by atoms with van der Waals surface area (Å²) in [5, 5.41) is 7.01. The maximum atomic E-state index is 13.7. The first-order valence-electron chi connectivity index (χ1n) is 11.8. The van der Waals surface area contributed by atoms with E-state index in [2.05, 4.69) is 25.7 Å². The van der Waals surface area contributed by atoms with Crippen molar-refractivity contribution in [3.05, 3.63) is 66.1 Å². The maximum Gasteiger partial charge on any atom is 0.314 e. The predicted octanol–water partition coefficient (Wildman–Crippen LogP) is 3.75. The highest BCUT2D eigenvalue weighted by atomic mass is 32.2. The van der Waals surface area contributed by atoms with Crippen LogP contribution in [0.1, 0.15) is 17.9 Å². The van der Waals surface area contributed by atoms with E-state index in [-0.39, 0.29) is 12.4 Å². The second-order valence-corrected chi connectivity index (χ2v) is 11.4. The van der Waals surface area contributed by atoms with Gasteiger partial charge in [-0.15, -0.1) is 10.2 Å². The van der Waals surface area contributed by atoms with Gasteiger partial charge in [0.15, 0.2) is 0 Å². The third-order valence-corrected chi connectivity index (χ3v) is 8.94. The van der Waals surface area contributed by atoms with E-state index in [1.54, 1.807) is 67.5 Å². The highest BCUT2D eigenvalue weighted by Gasteiger charge is 2.28. The number of rotatable bonds is 11. The molecule has 0 atom stereocenters. The summed E-state index contributed by atoms with van der Waals surface area (Å²) in [6.07, 6.45) is -0.780. The molecule has 9 nitrogen and oxygen atoms in total. The van der Waals surface area contributed by atoms with Gasteiger partial charge in [0.1, 0.15) is 0 Å². The summed E-state index contributed by atoms with van der Waals surface area (Å²) in [7, 11) is -2.24. The number of nitrogens with zero attached hydrogens (tertiary/aromatic N) is 6. The predicted molar refractivity (Wildman–Crippen MR) is 140 cm³/mol. The monoisotopic (exact) mass is 552 g/mol. The molecule has 0 aliphatic carbocycles. The molecule has 4 rings (SSSR count). The topological polar surface area (TPSA) is 86.0 Å². The molecule has 0 saturated carbocycles. The van der Waals surface area contributed by atoms with Crippen molar-refractivity contribution in [2.45, 2.75) is 13.0 Å². The number of likely N-dealkylation sites (N-methyl/N-ethyl adjacent to an activating group) is 1. The Bertz CT molecular complexity index is 1240. The number of benzene rings is 2. The van der Waals surface area contributed by atoms with Gasteiger partial charge in [-0.2, -0.15) is 21.5 Å². The number of hydrogen-bond donors (Lipinski definition) is 0. The fraction of sp³-hybridized carbons (Fsp3) is 0.417. The van der Waals surface area contributed by atoms with Crippen LogP contribution in [0.4, 0.5) is 14.5 Å². The van der Waals surface area contributed by atoms with Crippen molar-refractivity contribution >= 4 is 27.8 Å². The van der Waals surface area contributed by atoms with Crippen LogP contribution in [0.25, 0.3) is 11.5 Å². The molecule has 0 unspecified atom stereocenters. The summed E-state index contributed by atoms with van der Waals surface area (Å²) in [6.45, 7) is 4.83. The van der Waals surface area contributed by atoms with Crippen molar-refractivity contribution in [3.8, 4) is 11.5 Å². The number of aromatic nitrogens is 2. The highest BCUT2D eigenvalue weighted by molar-refractivity contribution is 7.96. The Hall–Kier alpha value is -2.58. The molecule has 37 heavy (non-hydrogen) atoms. The molecule has 0 amide bonds. The van der Waals surface area contributed by atoms with Crippen LogP contribution in [0.15, 0.2) is 59.0 Å². The largest absolute Gasteiger partial charge is 0.415 e. The van der Waals surface area contributed by atoms with Crippen molar-refractivity contribution < 1.29 is 21.6 Å². The van der Waals surface area contributed by atoms with Crippen molar-refractivity contribution in [2.24, 2.45) is 0 Å². The molecule has 200 valence electrons. The first kappa shape index (κ1) is 27.5. The van der Waals surface area contributed by atoms with E-state index in [4.69, 9.17) is 4.42 Å². The SMILES string of the molecule is CSN1CCN(CCN(C)S(=O)(=O)N(Cc2ccc(-c3nnc(C(F)F)o3)cc2)c2ccccc2)CC1. The summed E-state index contributed by atoms with van der Waals surface area (Å²) >= 11 is 1.73. The van der Waals surface area contributed by atoms with Crippen LogP contribution in [0.5, 0.6) is 0 Å². The van der Waals surface area contributed by atoms with Crippen LogP contribution < -0.4 is 4.31 Å². The number of para-hydroxylation sites is 1. The molecule has 0 spiro atoms. The second-order valence-electron chi connectivity index (χ2n) is 8.57. The molecule has 0 radical (unpaired) electrons. The quantitative estimate of drug-likeness (QED) is 0.333. The first-order valence-corrected chi connectivity index (χ1v) is 14.4. The van der Waals surface area contributed by atoms with E-state index in [1.165, 1.54) is 8.61 Å². The van der Waals surface area contributed by atoms with Gasteiger partial charge in [0.05, 0.1) is 12.2 Å². The van der Waals surface area contributed by atoms with Crippen LogP contribution >= 0.6 is 11.9 Å². The van der Waals surface area contributed by atoms with Gasteiger partial charge >= 0.3 is 16.6 Å². The smallest absolute Gasteiger partial charge is 0.314 e. The standard InChI is InChI=1S/C24H30F2N6O3S2/c1-29(12-13-30-14-16-31(36-2)17-15-30)37(33,34)32(21-6-4-3-5-7-21)18-19-8-10-20(11-9-19)23-27-28-24(35-23)22(25)26/h3-11,22H,12-18H2,1-2H3. The Morgan fingerprint density at radius 3 is 2.30 bits per heavy atom. The highest BCUT2D eigenvalue weighted by Crippen LogP contribution is 2.26. The molecule has 0 bridgehead atoms. The molecule has 1 aromatic heterocycles. The van der Waals surface area contributed by atoms with Crippen LogP contribution in [-0.2, 0) is 16.8 Å². The molecule has 1 fully saturated rings. The Morgan fingerprint density at radius 2 is 1.70 bits per heavy atom. The summed E-state index contributed by atoms with van der Waals surface area (Å²) < 4.78 is 63.0. The minimum absolute atomic E-state index is 0.0208. The minimum atomic E-state index is -3.84. The lowest BCUT2D eigenvalue weighted by molar-refractivity contribution is 0.116. The molecule has 1 saturated heterocycles. The van der Waals surface area contributed by atoms with Crippen LogP contribution in [0, 0.1) is 0 Å². The Labute approximate surface area is 220 Å². The fourth-order valence-corrected chi connectivity index (χ4v) is 5.84. The first-order chi connectivity index (χ1) is 17.8. The third-order valence-electron chi connectivity index (χ3n) is 6.19. The summed E-state index contributed by atoms with van der Waals surface area (Å²) in [6, 6.07) is 15.7. The minimum Gasteiger partial charge on any atom is -0.415 e. The van der Waals surface area contributed by atoms with Gasteiger partial charge in [0.2, 0.25) is 5.89 Å².